The molecule has 0 bridgehead atoms. The van der Waals surface area contributed by atoms with E-state index in [0.717, 1.165) is 43.6 Å². The summed E-state index contributed by atoms with van der Waals surface area (Å²) >= 11 is 1.75. The molecule has 0 aliphatic heterocycles. The Hall–Kier alpha value is -1.23. The molecule has 0 radical (unpaired) electrons. The molecule has 1 unspecified atom stereocenters. The highest BCUT2D eigenvalue weighted by Crippen LogP contribution is 2.33. The van der Waals surface area contributed by atoms with Crippen molar-refractivity contribution in [3.8, 4) is 0 Å². The van der Waals surface area contributed by atoms with E-state index in [0.29, 0.717) is 6.42 Å². The van der Waals surface area contributed by atoms with Crippen LogP contribution in [0.3, 0.4) is 0 Å². The van der Waals surface area contributed by atoms with Gasteiger partial charge in [-0.25, -0.2) is 0 Å². The number of aryl methyl sites for hydroxylation is 1. The number of thioether (sulfide) groups is 1. The van der Waals surface area contributed by atoms with E-state index in [1.165, 1.54) is 16.9 Å². The average Bonchev–Trinajstić information content (AvgIpc) is 3.14. The van der Waals surface area contributed by atoms with Gasteiger partial charge in [-0.1, -0.05) is 31.4 Å². The second-order valence-corrected chi connectivity index (χ2v) is 7.95. The maximum Gasteiger partial charge on any atom is 0.0940 e. The summed E-state index contributed by atoms with van der Waals surface area (Å²) in [6.07, 6.45) is 8.36. The molecule has 24 heavy (non-hydrogen) atoms. The second kappa shape index (κ2) is 8.24. The van der Waals surface area contributed by atoms with E-state index in [-0.39, 0.29) is 0 Å². The molecule has 3 nitrogen and oxygen atoms in total. The number of H-pyrrole nitrogens is 1. The summed E-state index contributed by atoms with van der Waals surface area (Å²) in [4.78, 5) is 4.27. The van der Waals surface area contributed by atoms with Crippen LogP contribution in [0.25, 0.3) is 0 Å². The Labute approximate surface area is 148 Å². The SMILES string of the molecule is OC(CCc1cccc(SCC2(O)CCCCC2)c1)c1ccc[nH]1. The minimum absolute atomic E-state index is 0.445. The molecule has 1 heterocycles. The van der Waals surface area contributed by atoms with Crippen LogP contribution in [-0.2, 0) is 6.42 Å². The monoisotopic (exact) mass is 345 g/mol. The smallest absolute Gasteiger partial charge is 0.0940 e. The highest BCUT2D eigenvalue weighted by molar-refractivity contribution is 7.99. The molecule has 2 aromatic rings. The first-order valence-electron chi connectivity index (χ1n) is 8.90. The van der Waals surface area contributed by atoms with Crippen LogP contribution in [0.5, 0.6) is 0 Å². The van der Waals surface area contributed by atoms with E-state index in [1.54, 1.807) is 11.8 Å². The van der Waals surface area contributed by atoms with E-state index < -0.39 is 11.7 Å². The summed E-state index contributed by atoms with van der Waals surface area (Å²) in [5, 5.41) is 20.8. The van der Waals surface area contributed by atoms with Gasteiger partial charge in [0.15, 0.2) is 0 Å². The Bertz CT molecular complexity index is 620. The molecule has 1 aliphatic rings. The van der Waals surface area contributed by atoms with Crippen LogP contribution < -0.4 is 0 Å². The van der Waals surface area contributed by atoms with Crippen molar-refractivity contribution in [1.29, 1.82) is 0 Å². The Morgan fingerprint density at radius 1 is 1.12 bits per heavy atom. The van der Waals surface area contributed by atoms with Gasteiger partial charge in [0.25, 0.3) is 0 Å². The van der Waals surface area contributed by atoms with E-state index in [2.05, 4.69) is 29.2 Å². The fourth-order valence-corrected chi connectivity index (χ4v) is 4.51. The number of aliphatic hydroxyl groups is 2. The molecule has 1 aromatic heterocycles. The lowest BCUT2D eigenvalue weighted by Gasteiger charge is -2.31. The predicted molar refractivity (Wildman–Crippen MR) is 99.3 cm³/mol. The molecule has 1 aliphatic carbocycles. The normalized spacial score (nSPS) is 18.4. The zero-order valence-electron chi connectivity index (χ0n) is 14.1. The van der Waals surface area contributed by atoms with E-state index in [9.17, 15) is 10.2 Å². The van der Waals surface area contributed by atoms with Crippen molar-refractivity contribution in [2.45, 2.75) is 61.5 Å². The summed E-state index contributed by atoms with van der Waals surface area (Å²) in [5.41, 5.74) is 1.63. The van der Waals surface area contributed by atoms with Crippen molar-refractivity contribution in [3.05, 3.63) is 53.9 Å². The van der Waals surface area contributed by atoms with E-state index in [4.69, 9.17) is 0 Å². The summed E-state index contributed by atoms with van der Waals surface area (Å²) < 4.78 is 0. The number of aromatic amines is 1. The van der Waals surface area contributed by atoms with Crippen LogP contribution in [0.4, 0.5) is 0 Å². The second-order valence-electron chi connectivity index (χ2n) is 6.90. The van der Waals surface area contributed by atoms with E-state index in [1.807, 2.05) is 18.3 Å². The van der Waals surface area contributed by atoms with Crippen LogP contribution in [0.15, 0.2) is 47.5 Å². The van der Waals surface area contributed by atoms with Gasteiger partial charge in [-0.3, -0.25) is 0 Å². The van der Waals surface area contributed by atoms with Gasteiger partial charge in [-0.05, 0) is 55.5 Å². The Balaban J connectivity index is 1.52. The van der Waals surface area contributed by atoms with Crippen LogP contribution in [0, 0.1) is 0 Å². The topological polar surface area (TPSA) is 56.2 Å². The van der Waals surface area contributed by atoms with Gasteiger partial charge in [0, 0.05) is 22.5 Å². The Morgan fingerprint density at radius 3 is 2.71 bits per heavy atom. The zero-order chi connectivity index (χ0) is 16.8. The van der Waals surface area contributed by atoms with Crippen LogP contribution in [-0.4, -0.2) is 26.6 Å². The first-order valence-corrected chi connectivity index (χ1v) is 9.89. The number of hydrogen-bond donors (Lipinski definition) is 3. The highest BCUT2D eigenvalue weighted by atomic mass is 32.2. The van der Waals surface area contributed by atoms with Crippen molar-refractivity contribution in [2.75, 3.05) is 5.75 Å². The third kappa shape index (κ3) is 4.88. The summed E-state index contributed by atoms with van der Waals surface area (Å²) in [6.45, 7) is 0. The van der Waals surface area contributed by atoms with Gasteiger partial charge in [0.05, 0.1) is 11.7 Å². The summed E-state index contributed by atoms with van der Waals surface area (Å²) in [7, 11) is 0. The van der Waals surface area contributed by atoms with Crippen LogP contribution in [0.1, 0.15) is 55.9 Å². The number of aromatic nitrogens is 1. The number of aliphatic hydroxyl groups excluding tert-OH is 1. The molecule has 4 heteroatoms. The Kier molecular flexibility index (Phi) is 6.04. The minimum atomic E-state index is -0.483. The molecule has 3 N–H and O–H groups in total. The first kappa shape index (κ1) is 17.6. The first-order chi connectivity index (χ1) is 11.6. The molecule has 0 saturated heterocycles. The lowest BCUT2D eigenvalue weighted by atomic mass is 9.86. The standard InChI is InChI=1S/C20H27NO2S/c22-19(18-8-5-13-21-18)10-9-16-6-4-7-17(14-16)24-15-20(23)11-2-1-3-12-20/h4-8,13-14,19,21-23H,1-3,9-12,15H2. The van der Waals surface area contributed by atoms with Crippen molar-refractivity contribution < 1.29 is 10.2 Å². The summed E-state index contributed by atoms with van der Waals surface area (Å²) in [5.74, 6) is 0.779. The molecule has 0 amide bonds. The highest BCUT2D eigenvalue weighted by Gasteiger charge is 2.29. The fraction of sp³-hybridized carbons (Fsp3) is 0.500. The zero-order valence-corrected chi connectivity index (χ0v) is 14.9. The molecule has 1 aromatic carbocycles. The maximum atomic E-state index is 10.6. The number of rotatable bonds is 7. The molecular weight excluding hydrogens is 318 g/mol. The van der Waals surface area contributed by atoms with Crippen molar-refractivity contribution in [2.24, 2.45) is 0 Å². The van der Waals surface area contributed by atoms with Gasteiger partial charge >= 0.3 is 0 Å². The quantitative estimate of drug-likeness (QED) is 0.649. The van der Waals surface area contributed by atoms with Crippen LogP contribution in [0.2, 0.25) is 0 Å². The van der Waals surface area contributed by atoms with Gasteiger partial charge in [-0.15, -0.1) is 11.8 Å². The lowest BCUT2D eigenvalue weighted by molar-refractivity contribution is 0.0273. The maximum absolute atomic E-state index is 10.6. The molecule has 1 fully saturated rings. The average molecular weight is 346 g/mol. The minimum Gasteiger partial charge on any atom is -0.389 e. The van der Waals surface area contributed by atoms with Gasteiger partial charge in [0.1, 0.15) is 0 Å². The molecule has 130 valence electrons. The van der Waals surface area contributed by atoms with Gasteiger partial charge in [-0.2, -0.15) is 0 Å². The molecule has 1 saturated carbocycles. The van der Waals surface area contributed by atoms with Crippen molar-refractivity contribution in [1.82, 2.24) is 4.98 Å². The van der Waals surface area contributed by atoms with E-state index >= 15 is 0 Å². The number of benzene rings is 1. The van der Waals surface area contributed by atoms with Crippen molar-refractivity contribution >= 4 is 11.8 Å². The Morgan fingerprint density at radius 2 is 1.96 bits per heavy atom. The number of hydrogen-bond acceptors (Lipinski definition) is 3. The molecule has 0 spiro atoms. The lowest BCUT2D eigenvalue weighted by Crippen LogP contribution is -2.33. The van der Waals surface area contributed by atoms with Gasteiger partial charge < -0.3 is 15.2 Å². The van der Waals surface area contributed by atoms with Crippen molar-refractivity contribution in [3.63, 3.8) is 0 Å². The molecular formula is C20H27NO2S. The molecule has 3 rings (SSSR count). The largest absolute Gasteiger partial charge is 0.389 e. The third-order valence-corrected chi connectivity index (χ3v) is 6.15. The predicted octanol–water partition coefficient (Wildman–Crippen LogP) is 4.47. The molecule has 1 atom stereocenters. The van der Waals surface area contributed by atoms with Crippen LogP contribution >= 0.6 is 11.8 Å². The summed E-state index contributed by atoms with van der Waals surface area (Å²) in [6, 6.07) is 12.3. The number of nitrogens with one attached hydrogen (secondary N) is 1. The van der Waals surface area contributed by atoms with Gasteiger partial charge in [0.2, 0.25) is 0 Å². The fourth-order valence-electron chi connectivity index (χ4n) is 3.37. The third-order valence-electron chi connectivity index (χ3n) is 4.88.